The second-order valence-electron chi connectivity index (χ2n) is 27.4. The van der Waals surface area contributed by atoms with Gasteiger partial charge in [-0.25, -0.2) is 9.97 Å². The summed E-state index contributed by atoms with van der Waals surface area (Å²) in [5.41, 5.74) is 14.7. The van der Waals surface area contributed by atoms with Crippen molar-refractivity contribution in [2.24, 2.45) is 35.5 Å². The molecule has 2 unspecified atom stereocenters. The van der Waals surface area contributed by atoms with Crippen LogP contribution in [0.15, 0.2) is 46.9 Å². The van der Waals surface area contributed by atoms with Gasteiger partial charge in [-0.15, -0.1) is 22.1 Å². The summed E-state index contributed by atoms with van der Waals surface area (Å²) in [6, 6.07) is 10.1. The number of carbonyl (C=O) groups is 2. The first-order valence-corrected chi connectivity index (χ1v) is 34.9. The number of hydrogen-bond donors (Lipinski definition) is 1. The van der Waals surface area contributed by atoms with Gasteiger partial charge >= 0.3 is 25.4 Å². The molecule has 3 aromatic rings. The van der Waals surface area contributed by atoms with Crippen molar-refractivity contribution in [3.8, 4) is 11.8 Å². The molecule has 2 atom stereocenters. The predicted molar refractivity (Wildman–Crippen MR) is 349 cm³/mol. The molecule has 0 aromatic carbocycles. The molecule has 0 spiro atoms. The number of aliphatic carboxylic acids is 1. The Morgan fingerprint density at radius 1 is 0.635 bits per heavy atom. The summed E-state index contributed by atoms with van der Waals surface area (Å²) in [6.45, 7) is 2.10. The third kappa shape index (κ3) is 13.7. The van der Waals surface area contributed by atoms with Crippen LogP contribution in [-0.4, -0.2) is 54.8 Å². The van der Waals surface area contributed by atoms with E-state index in [4.69, 9.17) is 32.2 Å². The van der Waals surface area contributed by atoms with Crippen molar-refractivity contribution in [3.05, 3.63) is 86.4 Å². The van der Waals surface area contributed by atoms with E-state index >= 15 is 0 Å². The van der Waals surface area contributed by atoms with Gasteiger partial charge in [0.15, 0.2) is 0 Å². The maximum atomic E-state index is 13.1. The third-order valence-corrected chi connectivity index (χ3v) is 23.1. The number of amides is 1. The number of thioether (sulfide) groups is 1. The third-order valence-electron chi connectivity index (χ3n) is 21.7. The zero-order chi connectivity index (χ0) is 57.1. The van der Waals surface area contributed by atoms with E-state index < -0.39 is 12.5 Å². The normalized spacial score (nSPS) is 26.9. The molecule has 7 saturated carbocycles. The minimum Gasteiger partial charge on any atom is -0.656 e. The van der Waals surface area contributed by atoms with Gasteiger partial charge in [0, 0.05) is 29.3 Å². The molecular weight excluding hydrogens is 1140 g/mol. The summed E-state index contributed by atoms with van der Waals surface area (Å²) in [5, 5.41) is 9.38. The molecule has 3 aliphatic heterocycles. The molecule has 6 heterocycles. The van der Waals surface area contributed by atoms with Crippen LogP contribution >= 0.6 is 24.0 Å². The number of allylic oxidation sites excluding steroid dienone is 3. The summed E-state index contributed by atoms with van der Waals surface area (Å²) in [4.78, 5) is 52.4. The quantitative estimate of drug-likeness (QED) is 0.0451. The van der Waals surface area contributed by atoms with E-state index in [0.29, 0.717) is 45.0 Å². The van der Waals surface area contributed by atoms with Gasteiger partial charge in [0.25, 0.3) is 5.91 Å². The van der Waals surface area contributed by atoms with Gasteiger partial charge < -0.3 is 20.0 Å². The van der Waals surface area contributed by atoms with Crippen molar-refractivity contribution in [2.75, 3.05) is 11.4 Å². The molecule has 1 saturated heterocycles. The molecule has 0 radical (unpaired) electrons. The summed E-state index contributed by atoms with van der Waals surface area (Å²) in [5.74, 6) is 10.3. The molecule has 9 nitrogen and oxygen atoms in total. The first-order chi connectivity index (χ1) is 41.2. The van der Waals surface area contributed by atoms with E-state index in [0.717, 1.165) is 114 Å². The second kappa shape index (κ2) is 27.9. The molecule has 1 amide bonds. The van der Waals surface area contributed by atoms with Gasteiger partial charge in [0.1, 0.15) is 10.9 Å². The Labute approximate surface area is 529 Å². The average Bonchev–Trinajstić information content (AvgIpc) is 4.47. The smallest absolute Gasteiger partial charge is 0.656 e. The van der Waals surface area contributed by atoms with E-state index in [9.17, 15) is 14.7 Å². The molecule has 8 fully saturated rings. The standard InChI is InChI=1S/C73H91N6O3S2.Zn/c1-47-15-14-24-56(43-47)79(55-32-29-49(30-33-55)44-58(51-16-6-2-7-17-51)52-18-8-3-9-19-52)71-65-41-39-63(76-65)69(53-20-10-4-11-21-53)61-37-35-59(74-61)57(60-36-38-62(75-60)70(54-22-12-5-13-23-54)64-40-42-66(71)77-64)34-31-48-25-27-50(28-26-48)45-67-72(82)78(46-68(80)81)73(83)84-67;/h35-42,44-45,47-56H,2-30,32-33,43,46H2,1H3,(H2-,74,75,76,77,80,81);/q-1;+2/p-1. The first kappa shape index (κ1) is 60.7. The predicted octanol–water partition coefficient (Wildman–Crippen LogP) is 18.0. The molecular formula is C73H90N6O3S2Zn. The number of anilines is 1. The Morgan fingerprint density at radius 2 is 1.16 bits per heavy atom. The molecule has 8 bridgehead atoms. The molecule has 12 heteroatoms. The molecule has 85 heavy (non-hydrogen) atoms. The Morgan fingerprint density at radius 3 is 1.76 bits per heavy atom. The number of hydrogen-bond acceptors (Lipinski definition) is 7. The minimum absolute atomic E-state index is 0. The zero-order valence-electron chi connectivity index (χ0n) is 50.9. The number of nitrogens with zero attached hydrogens (tertiary/aromatic N) is 6. The Hall–Kier alpha value is -4.56. The number of aromatic nitrogens is 4. The summed E-state index contributed by atoms with van der Waals surface area (Å²) >= 11 is 6.62. The molecule has 10 aliphatic rings. The van der Waals surface area contributed by atoms with Gasteiger partial charge in [0.2, 0.25) is 0 Å². The van der Waals surface area contributed by atoms with E-state index in [2.05, 4.69) is 78.3 Å². The Balaban J connectivity index is 0.00000709. The van der Waals surface area contributed by atoms with Crippen molar-refractivity contribution in [1.82, 2.24) is 24.8 Å². The monoisotopic (exact) mass is 1230 g/mol. The second-order valence-corrected chi connectivity index (χ2v) is 29.1. The fourth-order valence-electron chi connectivity index (χ4n) is 17.3. The fraction of sp³-hybridized carbons (Fsp3) is 0.603. The number of carboxylic acids is 1. The van der Waals surface area contributed by atoms with E-state index in [1.54, 1.807) is 0 Å². The maximum Gasteiger partial charge on any atom is 2.00 e. The van der Waals surface area contributed by atoms with E-state index in [1.807, 2.05) is 11.6 Å². The summed E-state index contributed by atoms with van der Waals surface area (Å²) < 4.78 is 0.313. The fourth-order valence-corrected chi connectivity index (χ4v) is 18.7. The number of rotatable bonds is 11. The van der Waals surface area contributed by atoms with Crippen LogP contribution in [0.4, 0.5) is 5.69 Å². The van der Waals surface area contributed by atoms with E-state index in [-0.39, 0.29) is 37.2 Å². The summed E-state index contributed by atoms with van der Waals surface area (Å²) in [6.07, 6.45) is 53.9. The van der Waals surface area contributed by atoms with Crippen molar-refractivity contribution in [2.45, 2.75) is 236 Å². The van der Waals surface area contributed by atoms with Crippen LogP contribution in [0.2, 0.25) is 0 Å². The van der Waals surface area contributed by atoms with Crippen LogP contribution in [0.3, 0.4) is 0 Å². The van der Waals surface area contributed by atoms with Crippen LogP contribution in [0.1, 0.15) is 264 Å². The SMILES string of the molecule is CC1CCCC(N(c2c3nc(c(C4CCCCC4)c4ccc([n-]4)c(C#CC4CCC(C=C5SC(=S)N(CC(=O)O)C5=O)CC4)c4nc(c(C5CCCCC5)c5ccc2[n-]5)C=C4)C=C3)C2CCC(C=C(C3CCCCC3)C3CCCCC3)CC2)C1.[Zn+2]. The molecule has 13 rings (SSSR count). The van der Waals surface area contributed by atoms with Crippen molar-refractivity contribution in [1.29, 1.82) is 0 Å². The Bertz CT molecular complexity index is 3260. The van der Waals surface area contributed by atoms with Crippen LogP contribution in [-0.2, 0) is 29.1 Å². The van der Waals surface area contributed by atoms with Crippen molar-refractivity contribution in [3.63, 3.8) is 0 Å². The molecule has 7 aliphatic carbocycles. The number of thiocarbonyl (C=S) groups is 1. The molecule has 1 N–H and O–H groups in total. The van der Waals surface area contributed by atoms with Gasteiger partial charge in [-0.1, -0.05) is 175 Å². The van der Waals surface area contributed by atoms with E-state index in [1.165, 1.54) is 188 Å². The topological polar surface area (TPSA) is 115 Å². The van der Waals surface area contributed by atoms with Gasteiger partial charge in [-0.05, 0) is 192 Å². The maximum absolute atomic E-state index is 13.1. The van der Waals surface area contributed by atoms with Gasteiger partial charge in [-0.2, -0.15) is 0 Å². The Kier molecular flexibility index (Phi) is 19.9. The summed E-state index contributed by atoms with van der Waals surface area (Å²) in [7, 11) is 0. The first-order valence-electron chi connectivity index (χ1n) is 33.7. The van der Waals surface area contributed by atoms with Gasteiger partial charge in [0.05, 0.1) is 27.7 Å². The van der Waals surface area contributed by atoms with Crippen LogP contribution < -0.4 is 14.9 Å². The van der Waals surface area contributed by atoms with Crippen molar-refractivity contribution < 1.29 is 34.2 Å². The van der Waals surface area contributed by atoms with Crippen LogP contribution in [0.25, 0.3) is 46.4 Å². The van der Waals surface area contributed by atoms with Crippen LogP contribution in [0.5, 0.6) is 0 Å². The average molecular weight is 1230 g/mol. The van der Waals surface area contributed by atoms with Crippen LogP contribution in [0, 0.1) is 47.3 Å². The molecule has 3 aromatic heterocycles. The zero-order valence-corrected chi connectivity index (χ0v) is 55.5. The molecule has 444 valence electrons. The number of fused-ring (bicyclic) bond motifs is 8. The van der Waals surface area contributed by atoms with Crippen molar-refractivity contribution >= 4 is 92.2 Å². The largest absolute Gasteiger partial charge is 2.00 e. The number of carbonyl (C=O) groups excluding carboxylic acids is 1. The minimum atomic E-state index is -1.06. The number of carboxylic acid groups (broad SMARTS) is 1. The van der Waals surface area contributed by atoms with Gasteiger partial charge in [-0.3, -0.25) is 14.5 Å².